The fourth-order valence-electron chi connectivity index (χ4n) is 3.09. The molecule has 0 bridgehead atoms. The van der Waals surface area contributed by atoms with Crippen LogP contribution in [0.25, 0.3) is 32.2 Å². The molecule has 4 rings (SSSR count). The number of rotatable bonds is 5. The van der Waals surface area contributed by atoms with E-state index in [4.69, 9.17) is 9.97 Å². The summed E-state index contributed by atoms with van der Waals surface area (Å²) >= 11 is 1.64. The third-order valence-electron chi connectivity index (χ3n) is 4.45. The van der Waals surface area contributed by atoms with Gasteiger partial charge in [0.1, 0.15) is 16.3 Å². The zero-order chi connectivity index (χ0) is 19.5. The first-order chi connectivity index (χ1) is 13.7. The summed E-state index contributed by atoms with van der Waals surface area (Å²) in [7, 11) is 1.97. The summed E-state index contributed by atoms with van der Waals surface area (Å²) in [6, 6.07) is 20.4. The minimum Gasteiger partial charge on any atom is -0.358 e. The minimum atomic E-state index is -0.0967. The third kappa shape index (κ3) is 3.57. The zero-order valence-corrected chi connectivity index (χ0v) is 16.5. The Bertz CT molecular complexity index is 1130. The monoisotopic (exact) mass is 385 g/mol. The van der Waals surface area contributed by atoms with Crippen LogP contribution < -0.4 is 4.90 Å². The molecule has 0 spiro atoms. The molecule has 0 radical (unpaired) electrons. The molecule has 0 fully saturated rings. The fourth-order valence-corrected chi connectivity index (χ4v) is 4.12. The maximum absolute atomic E-state index is 9.21. The van der Waals surface area contributed by atoms with Crippen LogP contribution >= 0.6 is 11.3 Å². The SMILES string of the molecule is C[C@H](C#N)CN(C)c1nc(-c2ccccn2)nc2sc(-c3ccccc3)cc12. The van der Waals surface area contributed by atoms with E-state index in [0.29, 0.717) is 12.4 Å². The molecule has 138 valence electrons. The van der Waals surface area contributed by atoms with Gasteiger partial charge in [0.05, 0.1) is 17.4 Å². The quantitative estimate of drug-likeness (QED) is 0.483. The second kappa shape index (κ2) is 7.75. The summed E-state index contributed by atoms with van der Waals surface area (Å²) in [6.07, 6.45) is 1.74. The first kappa shape index (κ1) is 18.1. The first-order valence-electron chi connectivity index (χ1n) is 9.05. The van der Waals surface area contributed by atoms with Crippen molar-refractivity contribution in [2.75, 3.05) is 18.5 Å². The van der Waals surface area contributed by atoms with Gasteiger partial charge in [0.2, 0.25) is 0 Å². The second-order valence-electron chi connectivity index (χ2n) is 6.69. The summed E-state index contributed by atoms with van der Waals surface area (Å²) in [5.74, 6) is 1.33. The number of hydrogen-bond donors (Lipinski definition) is 0. The molecule has 0 aliphatic rings. The number of benzene rings is 1. The summed E-state index contributed by atoms with van der Waals surface area (Å²) in [6.45, 7) is 2.51. The van der Waals surface area contributed by atoms with Crippen LogP contribution in [-0.4, -0.2) is 28.5 Å². The van der Waals surface area contributed by atoms with Crippen LogP contribution in [0, 0.1) is 17.2 Å². The fraction of sp³-hybridized carbons (Fsp3) is 0.182. The van der Waals surface area contributed by atoms with Crippen molar-refractivity contribution in [3.05, 3.63) is 60.8 Å². The average Bonchev–Trinajstić information content (AvgIpc) is 3.18. The number of hydrogen-bond acceptors (Lipinski definition) is 6. The van der Waals surface area contributed by atoms with Crippen molar-refractivity contribution in [2.45, 2.75) is 6.92 Å². The van der Waals surface area contributed by atoms with Crippen molar-refractivity contribution in [2.24, 2.45) is 5.92 Å². The molecule has 3 heterocycles. The van der Waals surface area contributed by atoms with Crippen LogP contribution in [0.5, 0.6) is 0 Å². The molecule has 3 aromatic heterocycles. The van der Waals surface area contributed by atoms with E-state index in [9.17, 15) is 5.26 Å². The highest BCUT2D eigenvalue weighted by atomic mass is 32.1. The highest BCUT2D eigenvalue weighted by molar-refractivity contribution is 7.21. The maximum atomic E-state index is 9.21. The predicted molar refractivity (Wildman–Crippen MR) is 114 cm³/mol. The van der Waals surface area contributed by atoms with Gasteiger partial charge >= 0.3 is 0 Å². The lowest BCUT2D eigenvalue weighted by Crippen LogP contribution is -2.24. The predicted octanol–water partition coefficient (Wildman–Crippen LogP) is 5.02. The summed E-state index contributed by atoms with van der Waals surface area (Å²) < 4.78 is 0. The third-order valence-corrected chi connectivity index (χ3v) is 5.53. The minimum absolute atomic E-state index is 0.0967. The Labute approximate surface area is 168 Å². The van der Waals surface area contributed by atoms with Gasteiger partial charge in [0.25, 0.3) is 0 Å². The van der Waals surface area contributed by atoms with Crippen molar-refractivity contribution in [1.29, 1.82) is 5.26 Å². The Morgan fingerprint density at radius 3 is 2.61 bits per heavy atom. The highest BCUT2D eigenvalue weighted by Crippen LogP contribution is 2.37. The molecule has 0 unspecified atom stereocenters. The van der Waals surface area contributed by atoms with Crippen molar-refractivity contribution in [1.82, 2.24) is 15.0 Å². The lowest BCUT2D eigenvalue weighted by molar-refractivity contribution is 0.712. The summed E-state index contributed by atoms with van der Waals surface area (Å²) in [4.78, 5) is 18.1. The van der Waals surface area contributed by atoms with Gasteiger partial charge in [0, 0.05) is 24.7 Å². The molecular weight excluding hydrogens is 366 g/mol. The standard InChI is InChI=1S/C22H19N5S/c1-15(13-23)14-27(2)21-17-12-19(16-8-4-3-5-9-16)28-22(17)26-20(25-21)18-10-6-7-11-24-18/h3-12,15H,14H2,1-2H3/t15-/m1/s1. The largest absolute Gasteiger partial charge is 0.358 e. The Morgan fingerprint density at radius 1 is 1.11 bits per heavy atom. The van der Waals surface area contributed by atoms with Gasteiger partial charge in [-0.15, -0.1) is 11.3 Å². The van der Waals surface area contributed by atoms with Crippen LogP contribution in [0.3, 0.4) is 0 Å². The smallest absolute Gasteiger partial charge is 0.181 e. The molecule has 5 nitrogen and oxygen atoms in total. The van der Waals surface area contributed by atoms with E-state index in [2.05, 4.69) is 29.3 Å². The molecule has 1 atom stereocenters. The molecule has 0 saturated heterocycles. The van der Waals surface area contributed by atoms with Crippen molar-refractivity contribution in [3.63, 3.8) is 0 Å². The molecule has 0 saturated carbocycles. The normalized spacial score (nSPS) is 11.9. The lowest BCUT2D eigenvalue weighted by atomic mass is 10.1. The van der Waals surface area contributed by atoms with Gasteiger partial charge in [-0.25, -0.2) is 9.97 Å². The number of pyridine rings is 1. The van der Waals surface area contributed by atoms with Crippen molar-refractivity contribution in [3.8, 4) is 28.0 Å². The number of nitriles is 1. The maximum Gasteiger partial charge on any atom is 0.181 e. The van der Waals surface area contributed by atoms with E-state index in [0.717, 1.165) is 32.2 Å². The molecule has 1 aromatic carbocycles. The van der Waals surface area contributed by atoms with Crippen LogP contribution in [-0.2, 0) is 0 Å². The van der Waals surface area contributed by atoms with E-state index in [1.807, 2.05) is 55.3 Å². The highest BCUT2D eigenvalue weighted by Gasteiger charge is 2.18. The van der Waals surface area contributed by atoms with Gasteiger partial charge in [-0.05, 0) is 30.7 Å². The van der Waals surface area contributed by atoms with Gasteiger partial charge in [-0.2, -0.15) is 5.26 Å². The Balaban J connectivity index is 1.88. The summed E-state index contributed by atoms with van der Waals surface area (Å²) in [5, 5.41) is 10.2. The number of fused-ring (bicyclic) bond motifs is 1. The van der Waals surface area contributed by atoms with Crippen molar-refractivity contribution >= 4 is 27.4 Å². The van der Waals surface area contributed by atoms with Crippen LogP contribution in [0.1, 0.15) is 6.92 Å². The molecule has 6 heteroatoms. The molecule has 0 amide bonds. The molecule has 4 aromatic rings. The van der Waals surface area contributed by atoms with Crippen molar-refractivity contribution < 1.29 is 0 Å². The average molecular weight is 385 g/mol. The Kier molecular flexibility index (Phi) is 5.00. The van der Waals surface area contributed by atoms with Crippen LogP contribution in [0.15, 0.2) is 60.8 Å². The summed E-state index contributed by atoms with van der Waals surface area (Å²) in [5.41, 5.74) is 1.89. The first-order valence-corrected chi connectivity index (χ1v) is 9.86. The number of thiophene rings is 1. The van der Waals surface area contributed by atoms with E-state index in [1.54, 1.807) is 17.5 Å². The number of anilines is 1. The Hall–Kier alpha value is -3.30. The van der Waals surface area contributed by atoms with E-state index >= 15 is 0 Å². The second-order valence-corrected chi connectivity index (χ2v) is 7.72. The Morgan fingerprint density at radius 2 is 1.89 bits per heavy atom. The van der Waals surface area contributed by atoms with Crippen LogP contribution in [0.4, 0.5) is 5.82 Å². The number of nitrogens with zero attached hydrogens (tertiary/aromatic N) is 5. The lowest BCUT2D eigenvalue weighted by Gasteiger charge is -2.20. The van der Waals surface area contributed by atoms with Gasteiger partial charge in [0.15, 0.2) is 5.82 Å². The molecular formula is C22H19N5S. The van der Waals surface area contributed by atoms with E-state index in [1.165, 1.54) is 0 Å². The zero-order valence-electron chi connectivity index (χ0n) is 15.7. The number of aromatic nitrogens is 3. The molecule has 0 aliphatic heterocycles. The van der Waals surface area contributed by atoms with Crippen LogP contribution in [0.2, 0.25) is 0 Å². The van der Waals surface area contributed by atoms with Gasteiger partial charge in [-0.3, -0.25) is 4.98 Å². The van der Waals surface area contributed by atoms with E-state index < -0.39 is 0 Å². The van der Waals surface area contributed by atoms with E-state index in [-0.39, 0.29) is 5.92 Å². The molecule has 0 aliphatic carbocycles. The van der Waals surface area contributed by atoms with Gasteiger partial charge in [-0.1, -0.05) is 36.4 Å². The topological polar surface area (TPSA) is 65.7 Å². The molecule has 0 N–H and O–H groups in total. The van der Waals surface area contributed by atoms with Gasteiger partial charge < -0.3 is 4.90 Å². The molecule has 28 heavy (non-hydrogen) atoms.